The molecule has 0 atom stereocenters. The minimum absolute atomic E-state index is 0.0144. The number of aryl methyl sites for hydroxylation is 1. The highest BCUT2D eigenvalue weighted by molar-refractivity contribution is 6.32. The van der Waals surface area contributed by atoms with Crippen LogP contribution in [-0.4, -0.2) is 26.1 Å². The van der Waals surface area contributed by atoms with Crippen molar-refractivity contribution in [1.29, 1.82) is 0 Å². The highest BCUT2D eigenvalue weighted by atomic mass is 35.5. The molecule has 1 heterocycles. The summed E-state index contributed by atoms with van der Waals surface area (Å²) >= 11 is 6.16. The van der Waals surface area contributed by atoms with E-state index in [9.17, 15) is 4.79 Å². The fourth-order valence-electron chi connectivity index (χ4n) is 1.91. The van der Waals surface area contributed by atoms with Crippen molar-refractivity contribution in [2.75, 3.05) is 0 Å². The van der Waals surface area contributed by atoms with E-state index in [1.807, 2.05) is 26.0 Å². The Morgan fingerprint density at radius 1 is 1.47 bits per heavy atom. The zero-order valence-electron chi connectivity index (χ0n) is 10.7. The van der Waals surface area contributed by atoms with Crippen LogP contribution in [0.4, 0.5) is 0 Å². The van der Waals surface area contributed by atoms with Gasteiger partial charge in [0.1, 0.15) is 0 Å². The number of benzene rings is 1. The van der Waals surface area contributed by atoms with Crippen LogP contribution < -0.4 is 0 Å². The van der Waals surface area contributed by atoms with Gasteiger partial charge in [-0.25, -0.2) is 9.48 Å². The maximum Gasteiger partial charge on any atom is 0.358 e. The molecule has 0 saturated heterocycles. The minimum atomic E-state index is -1.07. The lowest BCUT2D eigenvalue weighted by molar-refractivity contribution is 0.0689. The van der Waals surface area contributed by atoms with E-state index in [0.717, 1.165) is 12.0 Å². The standard InChI is InChI=1S/C13H14ClN3O2/c1-3-4-10-12(13(18)19)15-16-17(10)11-7-8(2)5-6-9(11)14/h5-7H,3-4H2,1-2H3,(H,18,19). The molecule has 0 unspecified atom stereocenters. The summed E-state index contributed by atoms with van der Waals surface area (Å²) in [5, 5.41) is 17.3. The summed E-state index contributed by atoms with van der Waals surface area (Å²) in [7, 11) is 0. The molecule has 0 spiro atoms. The molecule has 2 aromatic rings. The minimum Gasteiger partial charge on any atom is -0.476 e. The molecule has 6 heteroatoms. The lowest BCUT2D eigenvalue weighted by atomic mass is 10.2. The summed E-state index contributed by atoms with van der Waals surface area (Å²) in [6, 6.07) is 5.52. The number of halogens is 1. The third-order valence-corrected chi connectivity index (χ3v) is 3.10. The van der Waals surface area contributed by atoms with Gasteiger partial charge in [-0.2, -0.15) is 0 Å². The normalized spacial score (nSPS) is 10.7. The molecule has 1 N–H and O–H groups in total. The molecule has 100 valence electrons. The third-order valence-electron chi connectivity index (χ3n) is 2.78. The van der Waals surface area contributed by atoms with Crippen LogP contribution >= 0.6 is 11.6 Å². The molecule has 0 fully saturated rings. The molecule has 0 saturated carbocycles. The van der Waals surface area contributed by atoms with Crippen LogP contribution in [0.3, 0.4) is 0 Å². The van der Waals surface area contributed by atoms with Gasteiger partial charge in [-0.05, 0) is 31.0 Å². The Kier molecular flexibility index (Phi) is 3.85. The van der Waals surface area contributed by atoms with Crippen molar-refractivity contribution in [2.45, 2.75) is 26.7 Å². The smallest absolute Gasteiger partial charge is 0.358 e. The summed E-state index contributed by atoms with van der Waals surface area (Å²) in [6.07, 6.45) is 1.38. The first-order valence-corrected chi connectivity index (χ1v) is 6.36. The topological polar surface area (TPSA) is 68.0 Å². The van der Waals surface area contributed by atoms with Gasteiger partial charge in [0.05, 0.1) is 16.4 Å². The quantitative estimate of drug-likeness (QED) is 0.934. The van der Waals surface area contributed by atoms with Crippen LogP contribution in [0.5, 0.6) is 0 Å². The van der Waals surface area contributed by atoms with Crippen LogP contribution in [0.15, 0.2) is 18.2 Å². The Bertz CT molecular complexity index is 622. The van der Waals surface area contributed by atoms with Gasteiger partial charge in [-0.1, -0.05) is 36.2 Å². The van der Waals surface area contributed by atoms with E-state index in [0.29, 0.717) is 22.8 Å². The zero-order valence-corrected chi connectivity index (χ0v) is 11.5. The van der Waals surface area contributed by atoms with Crippen molar-refractivity contribution in [1.82, 2.24) is 15.0 Å². The molecule has 0 amide bonds. The monoisotopic (exact) mass is 279 g/mol. The number of carbonyl (C=O) groups is 1. The molecule has 0 aliphatic rings. The van der Waals surface area contributed by atoms with Crippen molar-refractivity contribution < 1.29 is 9.90 Å². The van der Waals surface area contributed by atoms with Crippen LogP contribution in [0.1, 0.15) is 35.1 Å². The fraction of sp³-hybridized carbons (Fsp3) is 0.308. The van der Waals surface area contributed by atoms with Crippen molar-refractivity contribution >= 4 is 17.6 Å². The number of hydrogen-bond acceptors (Lipinski definition) is 3. The number of carboxylic acids is 1. The van der Waals surface area contributed by atoms with Crippen molar-refractivity contribution in [3.63, 3.8) is 0 Å². The zero-order chi connectivity index (χ0) is 14.0. The molecule has 1 aromatic carbocycles. The van der Waals surface area contributed by atoms with Gasteiger partial charge in [0, 0.05) is 0 Å². The van der Waals surface area contributed by atoms with Crippen molar-refractivity contribution in [3.8, 4) is 5.69 Å². The Labute approximate surface area is 115 Å². The molecule has 0 aliphatic heterocycles. The Morgan fingerprint density at radius 2 is 2.21 bits per heavy atom. The second-order valence-corrected chi connectivity index (χ2v) is 4.71. The van der Waals surface area contributed by atoms with E-state index in [1.165, 1.54) is 4.68 Å². The molecular weight excluding hydrogens is 266 g/mol. The highest BCUT2D eigenvalue weighted by Gasteiger charge is 2.20. The van der Waals surface area contributed by atoms with Gasteiger partial charge >= 0.3 is 5.97 Å². The predicted octanol–water partition coefficient (Wildman–Crippen LogP) is 2.88. The van der Waals surface area contributed by atoms with Gasteiger partial charge < -0.3 is 5.11 Å². The number of carboxylic acid groups (broad SMARTS) is 1. The summed E-state index contributed by atoms with van der Waals surface area (Å²) in [6.45, 7) is 3.91. The molecule has 5 nitrogen and oxygen atoms in total. The van der Waals surface area contributed by atoms with Crippen molar-refractivity contribution in [2.24, 2.45) is 0 Å². The summed E-state index contributed by atoms with van der Waals surface area (Å²) in [5.41, 5.74) is 2.24. The first-order valence-electron chi connectivity index (χ1n) is 5.99. The van der Waals surface area contributed by atoms with E-state index >= 15 is 0 Å². The maximum atomic E-state index is 11.1. The summed E-state index contributed by atoms with van der Waals surface area (Å²) < 4.78 is 1.52. The van der Waals surface area contributed by atoms with Crippen molar-refractivity contribution in [3.05, 3.63) is 40.2 Å². The lowest BCUT2D eigenvalue weighted by Crippen LogP contribution is -2.07. The lowest BCUT2D eigenvalue weighted by Gasteiger charge is -2.08. The molecular formula is C13H14ClN3O2. The third kappa shape index (κ3) is 2.61. The summed E-state index contributed by atoms with van der Waals surface area (Å²) in [4.78, 5) is 11.1. The maximum absolute atomic E-state index is 11.1. The first kappa shape index (κ1) is 13.5. The van der Waals surface area contributed by atoms with E-state index in [-0.39, 0.29) is 5.69 Å². The predicted molar refractivity (Wildman–Crippen MR) is 72.1 cm³/mol. The fourth-order valence-corrected chi connectivity index (χ4v) is 2.10. The molecule has 19 heavy (non-hydrogen) atoms. The summed E-state index contributed by atoms with van der Waals surface area (Å²) in [5.74, 6) is -1.07. The molecule has 1 aromatic heterocycles. The average molecular weight is 280 g/mol. The molecule has 2 rings (SSSR count). The molecule has 0 aliphatic carbocycles. The van der Waals surface area contributed by atoms with Gasteiger partial charge in [0.2, 0.25) is 0 Å². The van der Waals surface area contributed by atoms with Gasteiger partial charge in [0.15, 0.2) is 5.69 Å². The Hall–Kier alpha value is -1.88. The van der Waals surface area contributed by atoms with Crippen LogP contribution in [0.2, 0.25) is 5.02 Å². The molecule has 0 radical (unpaired) electrons. The second kappa shape index (κ2) is 5.40. The number of aromatic carboxylic acids is 1. The van der Waals surface area contributed by atoms with E-state index in [1.54, 1.807) is 6.07 Å². The van der Waals surface area contributed by atoms with Gasteiger partial charge in [0.25, 0.3) is 0 Å². The van der Waals surface area contributed by atoms with E-state index in [4.69, 9.17) is 16.7 Å². The van der Waals surface area contributed by atoms with Crippen LogP contribution in [-0.2, 0) is 6.42 Å². The second-order valence-electron chi connectivity index (χ2n) is 4.31. The van der Waals surface area contributed by atoms with Gasteiger partial charge in [-0.3, -0.25) is 0 Å². The number of aromatic nitrogens is 3. The Morgan fingerprint density at radius 3 is 2.84 bits per heavy atom. The first-order chi connectivity index (χ1) is 9.04. The van der Waals surface area contributed by atoms with E-state index in [2.05, 4.69) is 10.3 Å². The SMILES string of the molecule is CCCc1c(C(=O)O)nnn1-c1cc(C)ccc1Cl. The number of hydrogen-bond donors (Lipinski definition) is 1. The number of rotatable bonds is 4. The Balaban J connectivity index is 2.61. The van der Waals surface area contributed by atoms with E-state index < -0.39 is 5.97 Å². The van der Waals surface area contributed by atoms with Gasteiger partial charge in [-0.15, -0.1) is 5.10 Å². The number of nitrogens with zero attached hydrogens (tertiary/aromatic N) is 3. The molecule has 0 bridgehead atoms. The average Bonchev–Trinajstić information content (AvgIpc) is 2.76. The highest BCUT2D eigenvalue weighted by Crippen LogP contribution is 2.23. The van der Waals surface area contributed by atoms with Crippen LogP contribution in [0.25, 0.3) is 5.69 Å². The van der Waals surface area contributed by atoms with Crippen LogP contribution in [0, 0.1) is 6.92 Å². The largest absolute Gasteiger partial charge is 0.476 e.